The Morgan fingerprint density at radius 2 is 1.90 bits per heavy atom. The monoisotopic (exact) mass is 312 g/mol. The number of hydrogen-bond donors (Lipinski definition) is 1. The molecular formula is C15H24N2O3S. The van der Waals surface area contributed by atoms with Crippen molar-refractivity contribution >= 4 is 10.0 Å². The molecular weight excluding hydrogens is 288 g/mol. The first-order valence-corrected chi connectivity index (χ1v) is 8.68. The topological polar surface area (TPSA) is 58.6 Å². The molecule has 5 nitrogen and oxygen atoms in total. The van der Waals surface area contributed by atoms with Crippen molar-refractivity contribution in [1.82, 2.24) is 9.62 Å². The maximum absolute atomic E-state index is 12.9. The number of rotatable bonds is 4. The van der Waals surface area contributed by atoms with E-state index in [0.29, 0.717) is 24.5 Å². The largest absolute Gasteiger partial charge is 0.373 e. The Morgan fingerprint density at radius 3 is 2.48 bits per heavy atom. The van der Waals surface area contributed by atoms with Gasteiger partial charge in [0.15, 0.2) is 0 Å². The second-order valence-electron chi connectivity index (χ2n) is 5.71. The van der Waals surface area contributed by atoms with Crippen LogP contribution in [-0.2, 0) is 21.3 Å². The average Bonchev–Trinajstić information content (AvgIpc) is 2.40. The molecule has 21 heavy (non-hydrogen) atoms. The molecule has 0 saturated carbocycles. The van der Waals surface area contributed by atoms with Gasteiger partial charge in [-0.15, -0.1) is 0 Å². The Bertz CT molecular complexity index is 591. The molecule has 0 amide bonds. The smallest absolute Gasteiger partial charge is 0.243 e. The van der Waals surface area contributed by atoms with Crippen LogP contribution in [-0.4, -0.2) is 45.1 Å². The summed E-state index contributed by atoms with van der Waals surface area (Å²) in [5.74, 6) is 0. The molecule has 1 heterocycles. The van der Waals surface area contributed by atoms with E-state index >= 15 is 0 Å². The van der Waals surface area contributed by atoms with Gasteiger partial charge in [0, 0.05) is 19.6 Å². The summed E-state index contributed by atoms with van der Waals surface area (Å²) in [7, 11) is -1.63. The van der Waals surface area contributed by atoms with Crippen LogP contribution >= 0.6 is 0 Å². The van der Waals surface area contributed by atoms with Crippen LogP contribution in [0, 0.1) is 6.92 Å². The molecule has 118 valence electrons. The minimum Gasteiger partial charge on any atom is -0.373 e. The Labute approximate surface area is 127 Å². The number of sulfonamides is 1. The Hall–Kier alpha value is -0.950. The lowest BCUT2D eigenvalue weighted by Gasteiger charge is -2.34. The number of ether oxygens (including phenoxy) is 1. The maximum atomic E-state index is 12.9. The fourth-order valence-corrected chi connectivity index (χ4v) is 4.57. The molecule has 2 unspecified atom stereocenters. The van der Waals surface area contributed by atoms with Crippen molar-refractivity contribution in [2.75, 3.05) is 20.1 Å². The van der Waals surface area contributed by atoms with Crippen molar-refractivity contribution in [2.24, 2.45) is 0 Å². The SMILES string of the molecule is CNCc1ccc(C)c(S(=O)(=O)N2CC(C)OC(C)C2)c1. The molecule has 1 aromatic carbocycles. The molecule has 1 aliphatic heterocycles. The van der Waals surface area contributed by atoms with E-state index in [4.69, 9.17) is 4.74 Å². The molecule has 1 N–H and O–H groups in total. The van der Waals surface area contributed by atoms with Crippen LogP contribution in [0.4, 0.5) is 0 Å². The van der Waals surface area contributed by atoms with E-state index in [1.165, 1.54) is 4.31 Å². The zero-order chi connectivity index (χ0) is 15.6. The van der Waals surface area contributed by atoms with Gasteiger partial charge in [-0.2, -0.15) is 4.31 Å². The third-order valence-corrected chi connectivity index (χ3v) is 5.61. The summed E-state index contributed by atoms with van der Waals surface area (Å²) in [6, 6.07) is 5.59. The molecule has 0 aliphatic carbocycles. The molecule has 1 saturated heterocycles. The molecule has 0 radical (unpaired) electrons. The standard InChI is InChI=1S/C15H24N2O3S/c1-11-5-6-14(8-16-4)7-15(11)21(18,19)17-9-12(2)20-13(3)10-17/h5-7,12-13,16H,8-10H2,1-4H3. The lowest BCUT2D eigenvalue weighted by atomic mass is 10.1. The number of hydrogen-bond acceptors (Lipinski definition) is 4. The third-order valence-electron chi connectivity index (χ3n) is 3.64. The number of morpholine rings is 1. The van der Waals surface area contributed by atoms with Gasteiger partial charge in [0.05, 0.1) is 17.1 Å². The van der Waals surface area contributed by atoms with Gasteiger partial charge in [-0.3, -0.25) is 0 Å². The van der Waals surface area contributed by atoms with Crippen molar-refractivity contribution in [3.63, 3.8) is 0 Å². The van der Waals surface area contributed by atoms with Crippen molar-refractivity contribution in [3.8, 4) is 0 Å². The van der Waals surface area contributed by atoms with Gasteiger partial charge in [-0.05, 0) is 45.0 Å². The minimum absolute atomic E-state index is 0.0793. The third kappa shape index (κ3) is 3.63. The van der Waals surface area contributed by atoms with E-state index < -0.39 is 10.0 Å². The lowest BCUT2D eigenvalue weighted by molar-refractivity contribution is -0.0440. The predicted octanol–water partition coefficient (Wildman–Crippen LogP) is 1.51. The summed E-state index contributed by atoms with van der Waals surface area (Å²) in [6.45, 7) is 7.11. The van der Waals surface area contributed by atoms with E-state index in [0.717, 1.165) is 11.1 Å². The fraction of sp³-hybridized carbons (Fsp3) is 0.600. The molecule has 6 heteroatoms. The molecule has 1 aromatic rings. The molecule has 2 atom stereocenters. The summed E-state index contributed by atoms with van der Waals surface area (Å²) < 4.78 is 33.0. The molecule has 2 rings (SSSR count). The average molecular weight is 312 g/mol. The van der Waals surface area contributed by atoms with E-state index in [2.05, 4.69) is 5.32 Å². The second-order valence-corrected chi connectivity index (χ2v) is 7.62. The van der Waals surface area contributed by atoms with Crippen molar-refractivity contribution in [2.45, 2.75) is 44.4 Å². The van der Waals surface area contributed by atoms with Crippen LogP contribution in [0.5, 0.6) is 0 Å². The number of aryl methyl sites for hydroxylation is 1. The first-order valence-electron chi connectivity index (χ1n) is 7.24. The van der Waals surface area contributed by atoms with Crippen LogP contribution in [0.25, 0.3) is 0 Å². The van der Waals surface area contributed by atoms with Crippen molar-refractivity contribution in [3.05, 3.63) is 29.3 Å². The van der Waals surface area contributed by atoms with Gasteiger partial charge in [-0.25, -0.2) is 8.42 Å². The molecule has 0 spiro atoms. The van der Waals surface area contributed by atoms with E-state index in [-0.39, 0.29) is 12.2 Å². The van der Waals surface area contributed by atoms with Crippen LogP contribution in [0.2, 0.25) is 0 Å². The minimum atomic E-state index is -3.47. The highest BCUT2D eigenvalue weighted by Gasteiger charge is 2.33. The quantitative estimate of drug-likeness (QED) is 0.915. The van der Waals surface area contributed by atoms with Gasteiger partial charge in [0.1, 0.15) is 0 Å². The Balaban J connectivity index is 2.36. The van der Waals surface area contributed by atoms with Crippen LogP contribution < -0.4 is 5.32 Å². The van der Waals surface area contributed by atoms with Crippen LogP contribution in [0.1, 0.15) is 25.0 Å². The molecule has 1 aliphatic rings. The highest BCUT2D eigenvalue weighted by atomic mass is 32.2. The highest BCUT2D eigenvalue weighted by molar-refractivity contribution is 7.89. The van der Waals surface area contributed by atoms with E-state index in [1.807, 2.05) is 40.0 Å². The Kier molecular flexibility index (Phi) is 5.03. The van der Waals surface area contributed by atoms with Crippen LogP contribution in [0.3, 0.4) is 0 Å². The van der Waals surface area contributed by atoms with Crippen molar-refractivity contribution in [1.29, 1.82) is 0 Å². The summed E-state index contributed by atoms with van der Waals surface area (Å²) >= 11 is 0. The van der Waals surface area contributed by atoms with Gasteiger partial charge >= 0.3 is 0 Å². The van der Waals surface area contributed by atoms with E-state index in [9.17, 15) is 8.42 Å². The Morgan fingerprint density at radius 1 is 1.29 bits per heavy atom. The van der Waals surface area contributed by atoms with Crippen molar-refractivity contribution < 1.29 is 13.2 Å². The maximum Gasteiger partial charge on any atom is 0.243 e. The number of benzene rings is 1. The molecule has 0 aromatic heterocycles. The highest BCUT2D eigenvalue weighted by Crippen LogP contribution is 2.24. The molecule has 1 fully saturated rings. The fourth-order valence-electron chi connectivity index (χ4n) is 2.70. The predicted molar refractivity (Wildman–Crippen MR) is 82.7 cm³/mol. The van der Waals surface area contributed by atoms with Gasteiger partial charge in [0.2, 0.25) is 10.0 Å². The number of nitrogens with zero attached hydrogens (tertiary/aromatic N) is 1. The summed E-state index contributed by atoms with van der Waals surface area (Å²) in [6.07, 6.45) is -0.159. The normalized spacial score (nSPS) is 24.2. The zero-order valence-electron chi connectivity index (χ0n) is 13.1. The van der Waals surface area contributed by atoms with E-state index in [1.54, 1.807) is 6.07 Å². The van der Waals surface area contributed by atoms with Crippen LogP contribution in [0.15, 0.2) is 23.1 Å². The van der Waals surface area contributed by atoms with Gasteiger partial charge in [-0.1, -0.05) is 12.1 Å². The summed E-state index contributed by atoms with van der Waals surface area (Å²) in [5, 5.41) is 3.05. The summed E-state index contributed by atoms with van der Waals surface area (Å²) in [4.78, 5) is 0.400. The first kappa shape index (κ1) is 16.4. The summed E-state index contributed by atoms with van der Waals surface area (Å²) in [5.41, 5.74) is 1.75. The molecule has 0 bridgehead atoms. The number of nitrogens with one attached hydrogen (secondary N) is 1. The van der Waals surface area contributed by atoms with Gasteiger partial charge < -0.3 is 10.1 Å². The van der Waals surface area contributed by atoms with Gasteiger partial charge in [0.25, 0.3) is 0 Å². The second kappa shape index (κ2) is 6.44. The zero-order valence-corrected chi connectivity index (χ0v) is 13.9. The first-order chi connectivity index (χ1) is 9.84. The lowest BCUT2D eigenvalue weighted by Crippen LogP contribution is -2.48.